The highest BCUT2D eigenvalue weighted by Crippen LogP contribution is 2.10. The molecule has 0 aliphatic carbocycles. The second-order valence-corrected chi connectivity index (χ2v) is 7.00. The van der Waals surface area contributed by atoms with Crippen molar-refractivity contribution in [2.45, 2.75) is 33.2 Å². The van der Waals surface area contributed by atoms with Gasteiger partial charge >= 0.3 is 0 Å². The van der Waals surface area contributed by atoms with E-state index < -0.39 is 16.1 Å². The molecule has 1 unspecified atom stereocenters. The smallest absolute Gasteiger partial charge is 0.208 e. The molecule has 0 radical (unpaired) electrons. The minimum Gasteiger partial charge on any atom is -0.382 e. The number of Topliss-reactive ketones (excluding diaryl/α,β-unsaturated/α-hetero) is 1. The molecule has 0 spiro atoms. The van der Waals surface area contributed by atoms with Gasteiger partial charge in [-0.2, -0.15) is 5.06 Å². The number of hydrogen-bond acceptors (Lipinski definition) is 6. The molecule has 21 heavy (non-hydrogen) atoms. The van der Waals surface area contributed by atoms with Crippen LogP contribution in [0, 0.1) is 5.92 Å². The molecule has 0 aliphatic heterocycles. The SMILES string of the molecule is CCCN(OCCNS(C)(=O)=O)C(COC)C(=O)C(C)C. The molecule has 0 rings (SSSR count). The van der Waals surface area contributed by atoms with Crippen LogP contribution in [-0.2, 0) is 24.4 Å². The summed E-state index contributed by atoms with van der Waals surface area (Å²) in [5, 5.41) is 1.59. The van der Waals surface area contributed by atoms with Crippen molar-refractivity contribution < 1.29 is 22.8 Å². The van der Waals surface area contributed by atoms with Crippen LogP contribution in [0.15, 0.2) is 0 Å². The lowest BCUT2D eigenvalue weighted by Crippen LogP contribution is -2.47. The Morgan fingerprint density at radius 1 is 1.33 bits per heavy atom. The van der Waals surface area contributed by atoms with Gasteiger partial charge in [0, 0.05) is 26.1 Å². The number of hydrogen-bond donors (Lipinski definition) is 1. The van der Waals surface area contributed by atoms with E-state index in [1.807, 2.05) is 20.8 Å². The molecule has 126 valence electrons. The summed E-state index contributed by atoms with van der Waals surface area (Å²) in [5.41, 5.74) is 0. The molecule has 0 amide bonds. The Balaban J connectivity index is 4.62. The maximum Gasteiger partial charge on any atom is 0.208 e. The molecule has 0 aromatic carbocycles. The van der Waals surface area contributed by atoms with Gasteiger partial charge in [0.25, 0.3) is 0 Å². The van der Waals surface area contributed by atoms with E-state index >= 15 is 0 Å². The highest BCUT2D eigenvalue weighted by molar-refractivity contribution is 7.88. The molecular formula is C13H28N2O5S. The third kappa shape index (κ3) is 9.15. The molecule has 0 aliphatic rings. The number of carbonyl (C=O) groups excluding carboxylic acids is 1. The van der Waals surface area contributed by atoms with Crippen LogP contribution in [0.1, 0.15) is 27.2 Å². The standard InChI is InChI=1S/C13H28N2O5S/c1-6-8-15(20-9-7-14-21(5,17)18)12(10-19-4)13(16)11(2)3/h11-12,14H,6-10H2,1-5H3. The Morgan fingerprint density at radius 3 is 2.38 bits per heavy atom. The average molecular weight is 324 g/mol. The number of ether oxygens (including phenoxy) is 1. The molecule has 1 N–H and O–H groups in total. The van der Waals surface area contributed by atoms with Crippen LogP contribution in [0.4, 0.5) is 0 Å². The second kappa shape index (κ2) is 10.2. The summed E-state index contributed by atoms with van der Waals surface area (Å²) in [6.07, 6.45) is 1.90. The van der Waals surface area contributed by atoms with E-state index in [1.54, 1.807) is 5.06 Å². The fraction of sp³-hybridized carbons (Fsp3) is 0.923. The first kappa shape index (κ1) is 20.5. The normalized spacial score (nSPS) is 13.9. The fourth-order valence-corrected chi connectivity index (χ4v) is 2.22. The van der Waals surface area contributed by atoms with E-state index in [0.717, 1.165) is 12.7 Å². The molecule has 0 fully saturated rings. The number of nitrogens with zero attached hydrogens (tertiary/aromatic N) is 1. The van der Waals surface area contributed by atoms with Gasteiger partial charge in [-0.3, -0.25) is 9.63 Å². The van der Waals surface area contributed by atoms with Crippen molar-refractivity contribution >= 4 is 15.8 Å². The number of hydroxylamine groups is 2. The van der Waals surface area contributed by atoms with Crippen LogP contribution < -0.4 is 4.72 Å². The molecule has 0 saturated heterocycles. The van der Waals surface area contributed by atoms with Gasteiger partial charge in [0.2, 0.25) is 10.0 Å². The Bertz CT molecular complexity index is 397. The molecular weight excluding hydrogens is 296 g/mol. The minimum atomic E-state index is -3.23. The zero-order valence-corrected chi connectivity index (χ0v) is 14.4. The van der Waals surface area contributed by atoms with Gasteiger partial charge in [-0.1, -0.05) is 20.8 Å². The number of methoxy groups -OCH3 is 1. The van der Waals surface area contributed by atoms with Crippen LogP contribution >= 0.6 is 0 Å². The molecule has 0 saturated carbocycles. The maximum absolute atomic E-state index is 12.2. The molecule has 1 atom stereocenters. The highest BCUT2D eigenvalue weighted by atomic mass is 32.2. The molecule has 7 nitrogen and oxygen atoms in total. The van der Waals surface area contributed by atoms with E-state index in [2.05, 4.69) is 4.72 Å². The summed E-state index contributed by atoms with van der Waals surface area (Å²) in [5.74, 6) is -0.0800. The van der Waals surface area contributed by atoms with Crippen LogP contribution in [0.3, 0.4) is 0 Å². The molecule has 0 heterocycles. The van der Waals surface area contributed by atoms with Crippen molar-refractivity contribution in [3.05, 3.63) is 0 Å². The number of rotatable bonds is 12. The van der Waals surface area contributed by atoms with Crippen molar-refractivity contribution in [2.24, 2.45) is 5.92 Å². The van der Waals surface area contributed by atoms with Crippen LogP contribution in [0.5, 0.6) is 0 Å². The monoisotopic (exact) mass is 324 g/mol. The van der Waals surface area contributed by atoms with Crippen LogP contribution in [0.25, 0.3) is 0 Å². The fourth-order valence-electron chi connectivity index (χ4n) is 1.77. The third-order valence-electron chi connectivity index (χ3n) is 2.74. The van der Waals surface area contributed by atoms with E-state index in [1.165, 1.54) is 7.11 Å². The molecule has 0 aromatic heterocycles. The third-order valence-corrected chi connectivity index (χ3v) is 3.47. The first-order valence-corrected chi connectivity index (χ1v) is 8.98. The van der Waals surface area contributed by atoms with Gasteiger partial charge in [-0.15, -0.1) is 0 Å². The molecule has 0 aromatic rings. The molecule has 0 bridgehead atoms. The number of sulfonamides is 1. The summed E-state index contributed by atoms with van der Waals surface area (Å²) in [4.78, 5) is 17.8. The van der Waals surface area contributed by atoms with E-state index in [4.69, 9.17) is 9.57 Å². The Labute approximate surface area is 128 Å². The summed E-state index contributed by atoms with van der Waals surface area (Å²) in [6.45, 7) is 6.80. The first-order valence-electron chi connectivity index (χ1n) is 7.09. The van der Waals surface area contributed by atoms with Crippen molar-refractivity contribution in [1.29, 1.82) is 0 Å². The van der Waals surface area contributed by atoms with Gasteiger partial charge in [0.15, 0.2) is 5.78 Å². The number of ketones is 1. The lowest BCUT2D eigenvalue weighted by Gasteiger charge is -2.30. The zero-order chi connectivity index (χ0) is 16.5. The lowest BCUT2D eigenvalue weighted by molar-refractivity contribution is -0.197. The predicted molar refractivity (Wildman–Crippen MR) is 81.3 cm³/mol. The maximum atomic E-state index is 12.2. The van der Waals surface area contributed by atoms with Crippen LogP contribution in [-0.4, -0.2) is 65.0 Å². The number of nitrogens with one attached hydrogen (secondary N) is 1. The highest BCUT2D eigenvalue weighted by Gasteiger charge is 2.28. The van der Waals surface area contributed by atoms with E-state index in [9.17, 15) is 13.2 Å². The van der Waals surface area contributed by atoms with Gasteiger partial charge < -0.3 is 4.74 Å². The summed E-state index contributed by atoms with van der Waals surface area (Å²) < 4.78 is 29.4. The topological polar surface area (TPSA) is 84.9 Å². The number of carbonyl (C=O) groups is 1. The molecule has 8 heteroatoms. The summed E-state index contributed by atoms with van der Waals surface area (Å²) in [6, 6.07) is -0.479. The average Bonchev–Trinajstić information content (AvgIpc) is 2.38. The lowest BCUT2D eigenvalue weighted by atomic mass is 10.0. The zero-order valence-electron chi connectivity index (χ0n) is 13.6. The summed E-state index contributed by atoms with van der Waals surface area (Å²) >= 11 is 0. The van der Waals surface area contributed by atoms with Gasteiger partial charge in [-0.05, 0) is 6.42 Å². The minimum absolute atomic E-state index is 0.0429. The van der Waals surface area contributed by atoms with Crippen molar-refractivity contribution in [3.8, 4) is 0 Å². The predicted octanol–water partition coefficient (Wildman–Crippen LogP) is 0.419. The van der Waals surface area contributed by atoms with Crippen molar-refractivity contribution in [3.63, 3.8) is 0 Å². The van der Waals surface area contributed by atoms with Gasteiger partial charge in [0.05, 0.1) is 19.5 Å². The summed E-state index contributed by atoms with van der Waals surface area (Å²) in [7, 11) is -1.70. The second-order valence-electron chi connectivity index (χ2n) is 5.17. The van der Waals surface area contributed by atoms with Crippen molar-refractivity contribution in [1.82, 2.24) is 9.79 Å². The largest absolute Gasteiger partial charge is 0.382 e. The first-order chi connectivity index (χ1) is 9.72. The van der Waals surface area contributed by atoms with E-state index in [0.29, 0.717) is 6.54 Å². The van der Waals surface area contributed by atoms with Gasteiger partial charge in [0.1, 0.15) is 6.04 Å². The Morgan fingerprint density at radius 2 is 1.95 bits per heavy atom. The van der Waals surface area contributed by atoms with Crippen LogP contribution in [0.2, 0.25) is 0 Å². The van der Waals surface area contributed by atoms with Crippen molar-refractivity contribution in [2.75, 3.05) is 39.7 Å². The quantitative estimate of drug-likeness (QED) is 0.414. The van der Waals surface area contributed by atoms with Gasteiger partial charge in [-0.25, -0.2) is 13.1 Å². The Hall–Kier alpha value is -0.540. The Kier molecular flexibility index (Phi) is 9.97. The van der Waals surface area contributed by atoms with E-state index in [-0.39, 0.29) is 31.5 Å².